The number of rotatable bonds is 5. The molecule has 1 amide bonds. The minimum absolute atomic E-state index is 0.118. The third-order valence-electron chi connectivity index (χ3n) is 5.15. The Kier molecular flexibility index (Phi) is 4.86. The number of pyridine rings is 1. The summed E-state index contributed by atoms with van der Waals surface area (Å²) < 4.78 is 1.94. The van der Waals surface area contributed by atoms with Gasteiger partial charge in [-0.05, 0) is 56.0 Å². The van der Waals surface area contributed by atoms with E-state index >= 15 is 0 Å². The molecule has 0 bridgehead atoms. The molecule has 0 atom stereocenters. The third-order valence-corrected chi connectivity index (χ3v) is 5.15. The lowest BCUT2D eigenvalue weighted by Gasteiger charge is -2.12. The number of nitrogens with zero attached hydrogens (tertiary/aromatic N) is 4. The molecule has 144 valence electrons. The lowest BCUT2D eigenvalue weighted by atomic mass is 10.2. The van der Waals surface area contributed by atoms with Crippen molar-refractivity contribution in [3.05, 3.63) is 70.7 Å². The van der Waals surface area contributed by atoms with Crippen LogP contribution in [0.15, 0.2) is 42.6 Å². The average Bonchev–Trinajstić information content (AvgIpc) is 3.30. The van der Waals surface area contributed by atoms with Gasteiger partial charge in [0.15, 0.2) is 5.69 Å². The van der Waals surface area contributed by atoms with Crippen LogP contribution >= 0.6 is 0 Å². The summed E-state index contributed by atoms with van der Waals surface area (Å²) in [6.07, 6.45) is 4.69. The fourth-order valence-electron chi connectivity index (χ4n) is 3.60. The Morgan fingerprint density at radius 1 is 1.18 bits per heavy atom. The lowest BCUT2D eigenvalue weighted by Crippen LogP contribution is -2.24. The number of aryl methyl sites for hydroxylation is 1. The maximum absolute atomic E-state index is 12.9. The normalized spacial score (nSPS) is 12.7. The van der Waals surface area contributed by atoms with Crippen molar-refractivity contribution in [2.45, 2.75) is 32.7 Å². The van der Waals surface area contributed by atoms with E-state index in [1.165, 1.54) is 5.56 Å². The Hall–Kier alpha value is -3.15. The van der Waals surface area contributed by atoms with E-state index in [1.54, 1.807) is 6.20 Å². The lowest BCUT2D eigenvalue weighted by molar-refractivity contribution is 0.0944. The number of nitrogens with one attached hydrogen (secondary N) is 1. The molecule has 0 saturated heterocycles. The van der Waals surface area contributed by atoms with Gasteiger partial charge in [0.1, 0.15) is 5.82 Å². The van der Waals surface area contributed by atoms with Crippen LogP contribution in [0.2, 0.25) is 0 Å². The van der Waals surface area contributed by atoms with Gasteiger partial charge in [0, 0.05) is 38.1 Å². The van der Waals surface area contributed by atoms with Crippen molar-refractivity contribution in [3.63, 3.8) is 0 Å². The number of benzene rings is 1. The summed E-state index contributed by atoms with van der Waals surface area (Å²) in [4.78, 5) is 19.1. The van der Waals surface area contributed by atoms with E-state index in [0.29, 0.717) is 12.2 Å². The second kappa shape index (κ2) is 7.46. The molecule has 0 unspecified atom stereocenters. The van der Waals surface area contributed by atoms with Crippen molar-refractivity contribution in [1.29, 1.82) is 0 Å². The smallest absolute Gasteiger partial charge is 0.272 e. The average molecular weight is 375 g/mol. The first-order valence-electron chi connectivity index (χ1n) is 9.61. The van der Waals surface area contributed by atoms with E-state index in [-0.39, 0.29) is 5.91 Å². The molecule has 6 heteroatoms. The van der Waals surface area contributed by atoms with Crippen LogP contribution in [-0.4, -0.2) is 34.8 Å². The molecule has 0 spiro atoms. The predicted molar refractivity (Wildman–Crippen MR) is 110 cm³/mol. The summed E-state index contributed by atoms with van der Waals surface area (Å²) in [7, 11) is 3.90. The number of carbonyl (C=O) groups excluding carboxylic acids is 1. The zero-order valence-corrected chi connectivity index (χ0v) is 16.6. The van der Waals surface area contributed by atoms with Crippen LogP contribution in [0.4, 0.5) is 5.82 Å². The quantitative estimate of drug-likeness (QED) is 0.744. The maximum atomic E-state index is 12.9. The molecule has 0 fully saturated rings. The van der Waals surface area contributed by atoms with Crippen LogP contribution in [0, 0.1) is 6.92 Å². The molecule has 1 N–H and O–H groups in total. The van der Waals surface area contributed by atoms with Crippen LogP contribution in [0.25, 0.3) is 5.69 Å². The zero-order valence-electron chi connectivity index (χ0n) is 16.6. The Labute approximate surface area is 165 Å². The van der Waals surface area contributed by atoms with Gasteiger partial charge in [0.25, 0.3) is 5.91 Å². The first-order valence-corrected chi connectivity index (χ1v) is 9.61. The van der Waals surface area contributed by atoms with Gasteiger partial charge in [-0.25, -0.2) is 9.67 Å². The molecule has 1 aliphatic carbocycles. The monoisotopic (exact) mass is 375 g/mol. The standard InChI is InChI=1S/C22H25N5O/c1-15-7-9-17(10-8-15)27-19-6-4-5-18(19)21(25-27)22(28)24-14-16-11-12-23-20(13-16)26(2)3/h7-13H,4-6,14H2,1-3H3,(H,24,28). The largest absolute Gasteiger partial charge is 0.363 e. The van der Waals surface area contributed by atoms with Crippen molar-refractivity contribution >= 4 is 11.7 Å². The molecule has 0 aliphatic heterocycles. The Morgan fingerprint density at radius 3 is 2.71 bits per heavy atom. The minimum Gasteiger partial charge on any atom is -0.363 e. The Bertz CT molecular complexity index is 1000. The summed E-state index contributed by atoms with van der Waals surface area (Å²) >= 11 is 0. The van der Waals surface area contributed by atoms with Gasteiger partial charge < -0.3 is 10.2 Å². The predicted octanol–water partition coefficient (Wildman–Crippen LogP) is 3.06. The highest BCUT2D eigenvalue weighted by atomic mass is 16.1. The van der Waals surface area contributed by atoms with Crippen molar-refractivity contribution in [3.8, 4) is 5.69 Å². The maximum Gasteiger partial charge on any atom is 0.272 e. The van der Waals surface area contributed by atoms with Crippen molar-refractivity contribution in [2.75, 3.05) is 19.0 Å². The summed E-state index contributed by atoms with van der Waals surface area (Å²) in [5, 5.41) is 7.70. The molecular formula is C22H25N5O. The van der Waals surface area contributed by atoms with Crippen LogP contribution in [0.3, 0.4) is 0 Å². The Balaban J connectivity index is 1.56. The van der Waals surface area contributed by atoms with Crippen LogP contribution in [0.1, 0.15) is 39.3 Å². The molecule has 4 rings (SSSR count). The van der Waals surface area contributed by atoms with E-state index in [0.717, 1.165) is 47.6 Å². The van der Waals surface area contributed by atoms with Gasteiger partial charge in [-0.3, -0.25) is 4.79 Å². The number of carbonyl (C=O) groups is 1. The zero-order chi connectivity index (χ0) is 19.7. The van der Waals surface area contributed by atoms with Gasteiger partial charge >= 0.3 is 0 Å². The number of anilines is 1. The van der Waals surface area contributed by atoms with Gasteiger partial charge in [-0.2, -0.15) is 5.10 Å². The van der Waals surface area contributed by atoms with Crippen LogP contribution < -0.4 is 10.2 Å². The first-order chi connectivity index (χ1) is 13.5. The summed E-state index contributed by atoms with van der Waals surface area (Å²) in [5.74, 6) is 0.753. The molecule has 2 heterocycles. The molecule has 3 aromatic rings. The molecule has 1 aliphatic rings. The molecule has 0 radical (unpaired) electrons. The fourth-order valence-corrected chi connectivity index (χ4v) is 3.60. The number of aromatic nitrogens is 3. The van der Waals surface area contributed by atoms with Gasteiger partial charge in [-0.15, -0.1) is 0 Å². The molecule has 6 nitrogen and oxygen atoms in total. The van der Waals surface area contributed by atoms with E-state index in [1.807, 2.05) is 35.8 Å². The van der Waals surface area contributed by atoms with Crippen molar-refractivity contribution < 1.29 is 4.79 Å². The SMILES string of the molecule is Cc1ccc(-n2nc(C(=O)NCc3ccnc(N(C)C)c3)c3c2CCC3)cc1. The van der Waals surface area contributed by atoms with Crippen molar-refractivity contribution in [2.24, 2.45) is 0 Å². The first kappa shape index (κ1) is 18.2. The highest BCUT2D eigenvalue weighted by Crippen LogP contribution is 2.28. The van der Waals surface area contributed by atoms with Crippen LogP contribution in [0.5, 0.6) is 0 Å². The van der Waals surface area contributed by atoms with Crippen LogP contribution in [-0.2, 0) is 19.4 Å². The minimum atomic E-state index is -0.118. The second-order valence-electron chi connectivity index (χ2n) is 7.47. The van der Waals surface area contributed by atoms with Gasteiger partial charge in [0.05, 0.1) is 5.69 Å². The topological polar surface area (TPSA) is 63.1 Å². The van der Waals surface area contributed by atoms with E-state index in [4.69, 9.17) is 0 Å². The fraction of sp³-hybridized carbons (Fsp3) is 0.318. The molecule has 2 aromatic heterocycles. The number of fused-ring (bicyclic) bond motifs is 1. The Morgan fingerprint density at radius 2 is 1.96 bits per heavy atom. The number of amides is 1. The molecule has 0 saturated carbocycles. The molecule has 1 aromatic carbocycles. The highest BCUT2D eigenvalue weighted by Gasteiger charge is 2.26. The number of hydrogen-bond acceptors (Lipinski definition) is 4. The summed E-state index contributed by atoms with van der Waals surface area (Å²) in [6, 6.07) is 12.2. The van der Waals surface area contributed by atoms with Gasteiger partial charge in [0.2, 0.25) is 0 Å². The second-order valence-corrected chi connectivity index (χ2v) is 7.47. The van der Waals surface area contributed by atoms with E-state index < -0.39 is 0 Å². The number of hydrogen-bond donors (Lipinski definition) is 1. The summed E-state index contributed by atoms with van der Waals surface area (Å²) in [5.41, 5.74) is 6.03. The highest BCUT2D eigenvalue weighted by molar-refractivity contribution is 5.94. The third kappa shape index (κ3) is 3.50. The molecular weight excluding hydrogens is 350 g/mol. The van der Waals surface area contributed by atoms with Crippen molar-refractivity contribution in [1.82, 2.24) is 20.1 Å². The van der Waals surface area contributed by atoms with E-state index in [2.05, 4.69) is 46.6 Å². The summed E-state index contributed by atoms with van der Waals surface area (Å²) in [6.45, 7) is 2.52. The van der Waals surface area contributed by atoms with E-state index in [9.17, 15) is 4.79 Å². The molecule has 28 heavy (non-hydrogen) atoms. The van der Waals surface area contributed by atoms with Gasteiger partial charge in [-0.1, -0.05) is 17.7 Å².